The molecular formula is C119H115N12Pt3-3. The fourth-order valence-electron chi connectivity index (χ4n) is 18.9. The van der Waals surface area contributed by atoms with Crippen LogP contribution in [0.4, 0.5) is 0 Å². The van der Waals surface area contributed by atoms with Gasteiger partial charge in [0.15, 0.2) is 52.1 Å². The van der Waals surface area contributed by atoms with E-state index in [1.54, 1.807) is 0 Å². The number of hydrogen-bond donors (Lipinski definition) is 0. The van der Waals surface area contributed by atoms with E-state index in [2.05, 4.69) is 515 Å². The summed E-state index contributed by atoms with van der Waals surface area (Å²) in [4.78, 5) is 14.6. The number of aryl methyl sites for hydroxylation is 1. The fourth-order valence-corrected chi connectivity index (χ4v) is 18.9. The van der Waals surface area contributed by atoms with Gasteiger partial charge in [-0.15, -0.1) is 69.2 Å². The summed E-state index contributed by atoms with van der Waals surface area (Å²) in [7, 11) is 2.09. The molecule has 9 aromatic heterocycles. The molecule has 9 heterocycles. The van der Waals surface area contributed by atoms with Crippen LogP contribution in [0, 0.1) is 36.4 Å². The van der Waals surface area contributed by atoms with E-state index in [9.17, 15) is 0 Å². The minimum atomic E-state index is -0.352. The number of pyridine rings is 3. The molecule has 0 N–H and O–H groups in total. The summed E-state index contributed by atoms with van der Waals surface area (Å²) in [5.41, 5.74) is 26.2. The average molecular weight is 2300 g/mol. The van der Waals surface area contributed by atoms with Gasteiger partial charge in [-0.05, 0) is 191 Å². The zero-order chi connectivity index (χ0) is 91.8. The molecular weight excluding hydrogens is 2180 g/mol. The van der Waals surface area contributed by atoms with Gasteiger partial charge < -0.3 is 13.7 Å². The molecule has 12 nitrogen and oxygen atoms in total. The maximum Gasteiger partial charge on any atom is 0.188 e. The summed E-state index contributed by atoms with van der Waals surface area (Å²) in [6.07, 6.45) is 12.3. The molecule has 684 valence electrons. The summed E-state index contributed by atoms with van der Waals surface area (Å²) in [6.45, 7) is 45.0. The van der Waals surface area contributed by atoms with Crippen molar-refractivity contribution in [2.75, 3.05) is 0 Å². The molecule has 134 heavy (non-hydrogen) atoms. The Balaban J connectivity index is 0.000000145. The average Bonchev–Trinajstić information content (AvgIpc) is 1.59. The SMILES string of the molecule is CC(C)(C)c1ccnc(-n2c3[c-]c(C(C)(C)c4[c-]c(-n5[cH+]n(C(C)(C)C)c6ccccc65)ccc4)ccc3c3ccccc32)c1.CC(C)n1[cH+]n(-c2[c-]c(C(C)(C)c3[c-]c4c(cc3)c3ccccc3n4-c3cc(C(C)(C)C)ccn3)ccc2)c2ccccc21.Cn1[cH+]n(-c2[c-]c(C(C)(C)c3[c-]c4c(cc3)c3ccccc3n4-c3cc(C(C)(C)C)ccn3)ccc2)c2ccccc21.[Pt].[Pt].[Pt]. The maximum atomic E-state index is 4.87. The number of imidazole rings is 3. The molecule has 0 amide bonds. The zero-order valence-corrected chi connectivity index (χ0v) is 87.2. The van der Waals surface area contributed by atoms with E-state index in [-0.39, 0.29) is 101 Å². The molecule has 21 rings (SSSR count). The van der Waals surface area contributed by atoms with Crippen LogP contribution in [0.25, 0.3) is 133 Å². The van der Waals surface area contributed by atoms with Gasteiger partial charge in [0, 0.05) is 159 Å². The molecule has 0 fully saturated rings. The Kier molecular flexibility index (Phi) is 25.8. The van der Waals surface area contributed by atoms with Gasteiger partial charge in [0.1, 0.15) is 17.5 Å². The summed E-state index contributed by atoms with van der Waals surface area (Å²) in [5.74, 6) is 2.75. The molecule has 0 radical (unpaired) electrons. The van der Waals surface area contributed by atoms with Crippen molar-refractivity contribution in [1.82, 2.24) is 56.1 Å². The number of para-hydroxylation sites is 9. The zero-order valence-electron chi connectivity index (χ0n) is 80.3. The van der Waals surface area contributed by atoms with Crippen LogP contribution in [-0.4, -0.2) is 56.1 Å². The van der Waals surface area contributed by atoms with Gasteiger partial charge in [-0.2, -0.15) is 108 Å². The van der Waals surface area contributed by atoms with E-state index in [1.807, 2.05) is 18.6 Å². The van der Waals surface area contributed by atoms with Crippen molar-refractivity contribution in [3.8, 4) is 34.5 Å². The molecule has 0 unspecified atom stereocenters. The van der Waals surface area contributed by atoms with Crippen LogP contribution in [0.5, 0.6) is 0 Å². The van der Waals surface area contributed by atoms with Gasteiger partial charge in [0.25, 0.3) is 0 Å². The summed E-state index contributed by atoms with van der Waals surface area (Å²) in [5, 5.41) is 7.15. The molecule has 0 aliphatic rings. The molecule has 12 aromatic carbocycles. The maximum absolute atomic E-state index is 4.87. The molecule has 0 aliphatic heterocycles. The van der Waals surface area contributed by atoms with Crippen LogP contribution < -0.4 is 0 Å². The van der Waals surface area contributed by atoms with Crippen molar-refractivity contribution < 1.29 is 63.2 Å². The topological polar surface area (TPSA) is 83.0 Å². The van der Waals surface area contributed by atoms with Crippen LogP contribution >= 0.6 is 0 Å². The van der Waals surface area contributed by atoms with E-state index in [1.165, 1.54) is 76.6 Å². The summed E-state index contributed by atoms with van der Waals surface area (Å²) < 4.78 is 20.4. The largest absolute Gasteiger partial charge is 0.319 e. The third-order valence-corrected chi connectivity index (χ3v) is 26.8. The second-order valence-corrected chi connectivity index (χ2v) is 41.2. The predicted molar refractivity (Wildman–Crippen MR) is 545 cm³/mol. The first-order chi connectivity index (χ1) is 62.5. The number of hydrogen-bond acceptors (Lipinski definition) is 3. The molecule has 0 saturated carbocycles. The van der Waals surface area contributed by atoms with Crippen LogP contribution in [0.2, 0.25) is 0 Å². The first-order valence-electron chi connectivity index (χ1n) is 45.9. The monoisotopic (exact) mass is 2300 g/mol. The molecule has 21 aromatic rings. The third-order valence-electron chi connectivity index (χ3n) is 26.8. The Bertz CT molecular complexity index is 8010. The Morgan fingerprint density at radius 3 is 0.888 bits per heavy atom. The minimum absolute atomic E-state index is 0. The fraction of sp³-hybridized carbons (Fsp3) is 0.244. The first-order valence-corrected chi connectivity index (χ1v) is 45.9. The summed E-state index contributed by atoms with van der Waals surface area (Å²) in [6, 6.07) is 121. The van der Waals surface area contributed by atoms with Gasteiger partial charge in [-0.1, -0.05) is 175 Å². The van der Waals surface area contributed by atoms with Crippen LogP contribution in [-0.2, 0) is 108 Å². The van der Waals surface area contributed by atoms with Crippen molar-refractivity contribution in [1.29, 1.82) is 0 Å². The van der Waals surface area contributed by atoms with Crippen molar-refractivity contribution in [3.05, 3.63) is 397 Å². The predicted octanol–water partition coefficient (Wildman–Crippen LogP) is 29.2. The van der Waals surface area contributed by atoms with E-state index in [0.29, 0.717) is 6.04 Å². The number of fused-ring (bicyclic) bond motifs is 12. The molecule has 0 bridgehead atoms. The van der Waals surface area contributed by atoms with Crippen molar-refractivity contribution in [3.63, 3.8) is 0 Å². The normalized spacial score (nSPS) is 12.4. The van der Waals surface area contributed by atoms with E-state index >= 15 is 0 Å². The summed E-state index contributed by atoms with van der Waals surface area (Å²) >= 11 is 0. The van der Waals surface area contributed by atoms with E-state index in [4.69, 9.17) is 15.0 Å². The number of benzene rings is 12. The van der Waals surface area contributed by atoms with Gasteiger partial charge in [-0.25, -0.2) is 42.4 Å². The quantitative estimate of drug-likeness (QED) is 0.108. The number of nitrogens with zero attached hydrogens (tertiary/aromatic N) is 12. The number of rotatable bonds is 13. The standard InChI is InChI=1S/C41H41N4.C40H39N4.C38H35N4.3Pt/c1-39(2,3)28-22-23-42-38(26-28)45-34-17-10-9-16-32(34)33-21-20-30(25-37(33)45)41(7,8)29-14-13-15-31(24-29)43-27-44(40(4,5)6)36-19-12-11-18-35(36)43;1-27(2)42-26-43(36-18-11-10-17-35(36)42)31-14-12-13-29(23-31)40(6,7)30-19-20-33-32-15-8-9-16-34(32)44(37(33)24-30)38-25-28(21-22-41-38)39(3,4)5;1-37(2,3)26-20-21-39-36(24-26)42-32-15-8-7-14-30(32)31-19-18-28(23-35(31)42)38(4,5)27-12-11-13-29(22-27)41-25-40(6)33-16-9-10-17-34(33)41;;;/h9-23,26-27H,1-8H3;8-22,25-27H,1-7H3;7-21,24-25H,1-6H3;;;/q3*-1;;;. The number of aromatic nitrogens is 12. The molecule has 0 aliphatic carbocycles. The molecule has 0 atom stereocenters. The Hall–Kier alpha value is -12.0. The minimum Gasteiger partial charge on any atom is -0.319 e. The molecule has 0 spiro atoms. The van der Waals surface area contributed by atoms with Crippen LogP contribution in [0.15, 0.2) is 311 Å². The van der Waals surface area contributed by atoms with Crippen molar-refractivity contribution in [2.24, 2.45) is 7.05 Å². The molecule has 0 saturated heterocycles. The van der Waals surface area contributed by atoms with Crippen molar-refractivity contribution >= 4 is 98.5 Å². The van der Waals surface area contributed by atoms with E-state index in [0.717, 1.165) is 107 Å². The van der Waals surface area contributed by atoms with Gasteiger partial charge in [-0.3, -0.25) is 0 Å². The Morgan fingerprint density at radius 2 is 0.552 bits per heavy atom. The smallest absolute Gasteiger partial charge is 0.188 e. The van der Waals surface area contributed by atoms with Gasteiger partial charge >= 0.3 is 0 Å². The Morgan fingerprint density at radius 1 is 0.269 bits per heavy atom. The Labute approximate surface area is 831 Å². The van der Waals surface area contributed by atoms with Crippen molar-refractivity contribution in [2.45, 2.75) is 183 Å². The van der Waals surface area contributed by atoms with E-state index < -0.39 is 0 Å². The van der Waals surface area contributed by atoms with Gasteiger partial charge in [0.2, 0.25) is 0 Å². The third kappa shape index (κ3) is 17.3. The second-order valence-electron chi connectivity index (χ2n) is 41.2. The first kappa shape index (κ1) is 95.1. The molecule has 15 heteroatoms. The van der Waals surface area contributed by atoms with Crippen LogP contribution in [0.1, 0.15) is 195 Å². The second kappa shape index (κ2) is 36.3. The van der Waals surface area contributed by atoms with Gasteiger partial charge in [0.05, 0.1) is 11.6 Å². The van der Waals surface area contributed by atoms with Crippen LogP contribution in [0.3, 0.4) is 0 Å².